The Labute approximate surface area is 158 Å². The van der Waals surface area contributed by atoms with Gasteiger partial charge in [-0.15, -0.1) is 0 Å². The molecule has 0 N–H and O–H groups in total. The SMILES string of the molecule is CCCC1CN(c2ccc(Cl)cc2)C(c2ccc(Cl)cc2Cl)CO1. The lowest BCUT2D eigenvalue weighted by atomic mass is 10.0. The predicted octanol–water partition coefficient (Wildman–Crippen LogP) is 6.39. The van der Waals surface area contributed by atoms with Gasteiger partial charge in [0.15, 0.2) is 0 Å². The van der Waals surface area contributed by atoms with Crippen molar-refractivity contribution in [2.45, 2.75) is 31.9 Å². The molecule has 128 valence electrons. The first-order valence-electron chi connectivity index (χ1n) is 8.17. The highest BCUT2D eigenvalue weighted by molar-refractivity contribution is 6.35. The quantitative estimate of drug-likeness (QED) is 0.605. The molecule has 2 aromatic rings. The molecule has 1 fully saturated rings. The summed E-state index contributed by atoms with van der Waals surface area (Å²) in [6, 6.07) is 13.6. The van der Waals surface area contributed by atoms with E-state index in [0.29, 0.717) is 16.7 Å². The van der Waals surface area contributed by atoms with Crippen molar-refractivity contribution in [3.8, 4) is 0 Å². The number of halogens is 3. The van der Waals surface area contributed by atoms with Crippen LogP contribution in [-0.4, -0.2) is 19.3 Å². The van der Waals surface area contributed by atoms with Crippen LogP contribution in [0.4, 0.5) is 5.69 Å². The van der Waals surface area contributed by atoms with Crippen molar-refractivity contribution in [1.29, 1.82) is 0 Å². The Kier molecular flexibility index (Phi) is 5.93. The van der Waals surface area contributed by atoms with Gasteiger partial charge in [0.1, 0.15) is 0 Å². The van der Waals surface area contributed by atoms with Gasteiger partial charge in [0.25, 0.3) is 0 Å². The molecule has 0 bridgehead atoms. The Balaban J connectivity index is 1.94. The summed E-state index contributed by atoms with van der Waals surface area (Å²) in [6.45, 7) is 3.62. The summed E-state index contributed by atoms with van der Waals surface area (Å²) in [4.78, 5) is 2.36. The maximum atomic E-state index is 6.45. The third kappa shape index (κ3) is 4.00. The van der Waals surface area contributed by atoms with E-state index in [4.69, 9.17) is 39.5 Å². The minimum absolute atomic E-state index is 0.0593. The van der Waals surface area contributed by atoms with Crippen LogP contribution in [0.5, 0.6) is 0 Å². The van der Waals surface area contributed by atoms with Gasteiger partial charge < -0.3 is 9.64 Å². The molecule has 1 aliphatic heterocycles. The Bertz CT molecular complexity index is 690. The summed E-state index contributed by atoms with van der Waals surface area (Å²) >= 11 is 18.5. The molecule has 0 amide bonds. The first kappa shape index (κ1) is 17.9. The molecule has 1 aliphatic rings. The number of benzene rings is 2. The van der Waals surface area contributed by atoms with Crippen molar-refractivity contribution in [2.24, 2.45) is 0 Å². The van der Waals surface area contributed by atoms with Crippen LogP contribution < -0.4 is 4.90 Å². The van der Waals surface area contributed by atoms with E-state index < -0.39 is 0 Å². The number of rotatable bonds is 4. The van der Waals surface area contributed by atoms with E-state index >= 15 is 0 Å². The second-order valence-corrected chi connectivity index (χ2v) is 7.33. The molecule has 0 radical (unpaired) electrons. The van der Waals surface area contributed by atoms with Crippen LogP contribution in [0.1, 0.15) is 31.4 Å². The number of nitrogens with zero attached hydrogens (tertiary/aromatic N) is 1. The zero-order valence-electron chi connectivity index (χ0n) is 13.5. The van der Waals surface area contributed by atoms with E-state index in [1.807, 2.05) is 36.4 Å². The summed E-state index contributed by atoms with van der Waals surface area (Å²) in [5.41, 5.74) is 2.16. The van der Waals surface area contributed by atoms with E-state index in [1.165, 1.54) is 0 Å². The number of morpholine rings is 1. The minimum atomic E-state index is 0.0593. The highest BCUT2D eigenvalue weighted by Crippen LogP contribution is 2.36. The van der Waals surface area contributed by atoms with Crippen LogP contribution in [0.15, 0.2) is 42.5 Å². The van der Waals surface area contributed by atoms with Crippen LogP contribution in [0.3, 0.4) is 0 Å². The van der Waals surface area contributed by atoms with E-state index in [9.17, 15) is 0 Å². The molecule has 1 heterocycles. The Hall–Kier alpha value is -0.930. The van der Waals surface area contributed by atoms with Gasteiger partial charge in [0.2, 0.25) is 0 Å². The van der Waals surface area contributed by atoms with E-state index in [2.05, 4.69) is 11.8 Å². The average Bonchev–Trinajstić information content (AvgIpc) is 2.56. The number of hydrogen-bond donors (Lipinski definition) is 0. The largest absolute Gasteiger partial charge is 0.374 e. The summed E-state index contributed by atoms with van der Waals surface area (Å²) < 4.78 is 6.09. The van der Waals surface area contributed by atoms with Crippen molar-refractivity contribution in [2.75, 3.05) is 18.1 Å². The fourth-order valence-electron chi connectivity index (χ4n) is 3.16. The van der Waals surface area contributed by atoms with Crippen molar-refractivity contribution in [1.82, 2.24) is 0 Å². The topological polar surface area (TPSA) is 12.5 Å². The number of ether oxygens (including phenoxy) is 1. The molecule has 0 aromatic heterocycles. The van der Waals surface area contributed by atoms with Gasteiger partial charge in [-0.2, -0.15) is 0 Å². The monoisotopic (exact) mass is 383 g/mol. The Morgan fingerprint density at radius 2 is 1.75 bits per heavy atom. The molecule has 2 unspecified atom stereocenters. The average molecular weight is 385 g/mol. The van der Waals surface area contributed by atoms with E-state index in [-0.39, 0.29) is 12.1 Å². The van der Waals surface area contributed by atoms with Gasteiger partial charge in [-0.1, -0.05) is 54.2 Å². The standard InChI is InChI=1S/C19H20Cl3NO/c1-2-3-16-11-23(15-7-4-13(20)5-8-15)19(12-24-16)17-9-6-14(21)10-18(17)22/h4-10,16,19H,2-3,11-12H2,1H3. The van der Waals surface area contributed by atoms with Crippen molar-refractivity contribution in [3.63, 3.8) is 0 Å². The first-order valence-corrected chi connectivity index (χ1v) is 9.30. The molecule has 3 rings (SSSR count). The summed E-state index contributed by atoms with van der Waals surface area (Å²) in [7, 11) is 0. The third-order valence-corrected chi connectivity index (χ3v) is 5.17. The first-order chi connectivity index (χ1) is 11.6. The van der Waals surface area contributed by atoms with Gasteiger partial charge in [-0.25, -0.2) is 0 Å². The van der Waals surface area contributed by atoms with Crippen molar-refractivity contribution < 1.29 is 4.74 Å². The third-order valence-electron chi connectivity index (χ3n) is 4.36. The molecule has 2 aromatic carbocycles. The maximum absolute atomic E-state index is 6.45. The fourth-order valence-corrected chi connectivity index (χ4v) is 3.82. The molecule has 0 saturated carbocycles. The number of anilines is 1. The normalized spacial score (nSPS) is 21.1. The lowest BCUT2D eigenvalue weighted by Crippen LogP contribution is -2.45. The molecule has 2 nitrogen and oxygen atoms in total. The Morgan fingerprint density at radius 3 is 2.42 bits per heavy atom. The minimum Gasteiger partial charge on any atom is -0.374 e. The molecule has 0 spiro atoms. The van der Waals surface area contributed by atoms with E-state index in [0.717, 1.165) is 35.7 Å². The summed E-state index contributed by atoms with van der Waals surface area (Å²) in [6.07, 6.45) is 2.38. The van der Waals surface area contributed by atoms with Gasteiger partial charge in [-0.05, 0) is 48.4 Å². The lowest BCUT2D eigenvalue weighted by Gasteiger charge is -2.42. The van der Waals surface area contributed by atoms with Gasteiger partial charge in [-0.3, -0.25) is 0 Å². The second-order valence-electron chi connectivity index (χ2n) is 6.05. The van der Waals surface area contributed by atoms with Crippen molar-refractivity contribution >= 4 is 40.5 Å². The zero-order valence-corrected chi connectivity index (χ0v) is 15.8. The van der Waals surface area contributed by atoms with Gasteiger partial charge in [0.05, 0.1) is 18.8 Å². The molecule has 0 aliphatic carbocycles. The molecule has 24 heavy (non-hydrogen) atoms. The van der Waals surface area contributed by atoms with Gasteiger partial charge >= 0.3 is 0 Å². The van der Waals surface area contributed by atoms with Crippen LogP contribution in [-0.2, 0) is 4.74 Å². The predicted molar refractivity (Wildman–Crippen MR) is 103 cm³/mol. The smallest absolute Gasteiger partial charge is 0.0791 e. The molecule has 5 heteroatoms. The molecular weight excluding hydrogens is 365 g/mol. The molecular formula is C19H20Cl3NO. The second kappa shape index (κ2) is 7.97. The summed E-state index contributed by atoms with van der Waals surface area (Å²) in [5.74, 6) is 0. The molecule has 2 atom stereocenters. The fraction of sp³-hybridized carbons (Fsp3) is 0.368. The highest BCUT2D eigenvalue weighted by Gasteiger charge is 2.31. The van der Waals surface area contributed by atoms with Crippen LogP contribution in [0.25, 0.3) is 0 Å². The zero-order chi connectivity index (χ0) is 17.1. The highest BCUT2D eigenvalue weighted by atomic mass is 35.5. The van der Waals surface area contributed by atoms with Crippen LogP contribution in [0.2, 0.25) is 15.1 Å². The van der Waals surface area contributed by atoms with Crippen LogP contribution >= 0.6 is 34.8 Å². The maximum Gasteiger partial charge on any atom is 0.0791 e. The molecule has 1 saturated heterocycles. The lowest BCUT2D eigenvalue weighted by molar-refractivity contribution is 0.0137. The van der Waals surface area contributed by atoms with Crippen LogP contribution in [0, 0.1) is 0 Å². The van der Waals surface area contributed by atoms with Crippen molar-refractivity contribution in [3.05, 3.63) is 63.1 Å². The Morgan fingerprint density at radius 1 is 1.04 bits per heavy atom. The van der Waals surface area contributed by atoms with Gasteiger partial charge in [0, 0.05) is 27.3 Å². The number of hydrogen-bond acceptors (Lipinski definition) is 2. The van der Waals surface area contributed by atoms with E-state index in [1.54, 1.807) is 6.07 Å². The summed E-state index contributed by atoms with van der Waals surface area (Å²) in [5, 5.41) is 2.05.